The van der Waals surface area contributed by atoms with Gasteiger partial charge in [-0.3, -0.25) is 0 Å². The average Bonchev–Trinajstić information content (AvgIpc) is 2.47. The second kappa shape index (κ2) is 4.97. The molecule has 1 fully saturated rings. The minimum atomic E-state index is 0.451. The number of nitrogens with two attached hydrogens (primary N) is 1. The number of nitrogens with one attached hydrogen (secondary N) is 1. The highest BCUT2D eigenvalue weighted by atomic mass is 14.9. The Morgan fingerprint density at radius 3 is 2.46 bits per heavy atom. The molecule has 0 saturated heterocycles. The van der Waals surface area contributed by atoms with E-state index in [1.165, 1.54) is 19.3 Å². The Hall–Kier alpha value is -0.0800. The molecular formula is C11H24N2. The highest BCUT2D eigenvalue weighted by Gasteiger charge is 2.21. The molecule has 0 spiro atoms. The first-order valence-corrected chi connectivity index (χ1v) is 5.58. The van der Waals surface area contributed by atoms with Crippen molar-refractivity contribution in [3.63, 3.8) is 0 Å². The first-order chi connectivity index (χ1) is 6.09. The van der Waals surface area contributed by atoms with Crippen molar-refractivity contribution in [2.24, 2.45) is 17.6 Å². The maximum atomic E-state index is 5.85. The molecule has 0 heterocycles. The monoisotopic (exact) mass is 184 g/mol. The third kappa shape index (κ3) is 3.65. The van der Waals surface area contributed by atoms with Crippen molar-refractivity contribution >= 4 is 0 Å². The van der Waals surface area contributed by atoms with Gasteiger partial charge in [-0.1, -0.05) is 20.8 Å². The third-order valence-corrected chi connectivity index (χ3v) is 3.34. The zero-order chi connectivity index (χ0) is 9.84. The fourth-order valence-electron chi connectivity index (χ4n) is 1.79. The summed E-state index contributed by atoms with van der Waals surface area (Å²) < 4.78 is 0. The molecule has 1 aliphatic carbocycles. The molecule has 78 valence electrons. The van der Waals surface area contributed by atoms with Crippen LogP contribution in [0.3, 0.4) is 0 Å². The number of rotatable bonds is 4. The molecule has 0 amide bonds. The largest absolute Gasteiger partial charge is 0.328 e. The maximum Gasteiger partial charge on any atom is 0.00824 e. The second-order valence-electron chi connectivity index (χ2n) is 4.90. The van der Waals surface area contributed by atoms with Crippen LogP contribution >= 0.6 is 0 Å². The second-order valence-corrected chi connectivity index (χ2v) is 4.90. The summed E-state index contributed by atoms with van der Waals surface area (Å²) in [7, 11) is 0. The summed E-state index contributed by atoms with van der Waals surface area (Å²) in [6.45, 7) is 8.03. The molecule has 0 bridgehead atoms. The Morgan fingerprint density at radius 1 is 1.31 bits per heavy atom. The van der Waals surface area contributed by atoms with E-state index in [4.69, 9.17) is 5.73 Å². The van der Waals surface area contributed by atoms with Crippen LogP contribution in [0.15, 0.2) is 0 Å². The standard InChI is InChI=1S/C11H24N2/c1-8(2)9(3)7-13-11-5-4-10(12)6-11/h8-11,13H,4-7,12H2,1-3H3. The van der Waals surface area contributed by atoms with Crippen LogP contribution in [0.2, 0.25) is 0 Å². The summed E-state index contributed by atoms with van der Waals surface area (Å²) in [6, 6.07) is 1.14. The molecule has 13 heavy (non-hydrogen) atoms. The molecule has 2 nitrogen and oxygen atoms in total. The van der Waals surface area contributed by atoms with Crippen molar-refractivity contribution in [3.8, 4) is 0 Å². The fraction of sp³-hybridized carbons (Fsp3) is 1.00. The van der Waals surface area contributed by atoms with Crippen molar-refractivity contribution < 1.29 is 0 Å². The lowest BCUT2D eigenvalue weighted by Gasteiger charge is -2.19. The van der Waals surface area contributed by atoms with E-state index >= 15 is 0 Å². The topological polar surface area (TPSA) is 38.0 Å². The van der Waals surface area contributed by atoms with Gasteiger partial charge >= 0.3 is 0 Å². The zero-order valence-electron chi connectivity index (χ0n) is 9.22. The summed E-state index contributed by atoms with van der Waals surface area (Å²) >= 11 is 0. The predicted octanol–water partition coefficient (Wildman–Crippen LogP) is 1.75. The molecule has 0 aromatic carbocycles. The van der Waals surface area contributed by atoms with E-state index in [9.17, 15) is 0 Å². The summed E-state index contributed by atoms with van der Waals surface area (Å²) in [4.78, 5) is 0. The van der Waals surface area contributed by atoms with Crippen LogP contribution in [0.25, 0.3) is 0 Å². The molecule has 1 saturated carbocycles. The SMILES string of the molecule is CC(C)C(C)CNC1CCC(N)C1. The molecule has 0 aromatic heterocycles. The molecular weight excluding hydrogens is 160 g/mol. The molecule has 0 radical (unpaired) electrons. The van der Waals surface area contributed by atoms with Crippen LogP contribution < -0.4 is 11.1 Å². The Bertz CT molecular complexity index is 145. The molecule has 2 heteroatoms. The van der Waals surface area contributed by atoms with Crippen LogP contribution in [-0.2, 0) is 0 Å². The van der Waals surface area contributed by atoms with Gasteiger partial charge in [-0.2, -0.15) is 0 Å². The van der Waals surface area contributed by atoms with Gasteiger partial charge in [0.2, 0.25) is 0 Å². The van der Waals surface area contributed by atoms with Gasteiger partial charge in [0.25, 0.3) is 0 Å². The Labute approximate surface area is 82.3 Å². The minimum absolute atomic E-state index is 0.451. The van der Waals surface area contributed by atoms with E-state index in [0.29, 0.717) is 12.1 Å². The van der Waals surface area contributed by atoms with E-state index < -0.39 is 0 Å². The van der Waals surface area contributed by atoms with Gasteiger partial charge in [-0.05, 0) is 37.6 Å². The number of hydrogen-bond donors (Lipinski definition) is 2. The van der Waals surface area contributed by atoms with E-state index in [-0.39, 0.29) is 0 Å². The van der Waals surface area contributed by atoms with Crippen molar-refractivity contribution in [2.45, 2.75) is 52.1 Å². The first-order valence-electron chi connectivity index (χ1n) is 5.58. The Morgan fingerprint density at radius 2 is 2.00 bits per heavy atom. The van der Waals surface area contributed by atoms with E-state index in [2.05, 4.69) is 26.1 Å². The van der Waals surface area contributed by atoms with Crippen LogP contribution in [0.1, 0.15) is 40.0 Å². The Balaban J connectivity index is 2.12. The van der Waals surface area contributed by atoms with Gasteiger partial charge in [0, 0.05) is 12.1 Å². The highest BCUT2D eigenvalue weighted by Crippen LogP contribution is 2.18. The zero-order valence-corrected chi connectivity index (χ0v) is 9.22. The van der Waals surface area contributed by atoms with Crippen molar-refractivity contribution in [1.82, 2.24) is 5.32 Å². The van der Waals surface area contributed by atoms with Crippen molar-refractivity contribution in [1.29, 1.82) is 0 Å². The molecule has 1 aliphatic rings. The fourth-order valence-corrected chi connectivity index (χ4v) is 1.79. The molecule has 3 N–H and O–H groups in total. The normalized spacial score (nSPS) is 31.2. The van der Waals surface area contributed by atoms with Gasteiger partial charge in [-0.25, -0.2) is 0 Å². The predicted molar refractivity (Wildman–Crippen MR) is 57.6 cm³/mol. The van der Waals surface area contributed by atoms with Gasteiger partial charge < -0.3 is 11.1 Å². The van der Waals surface area contributed by atoms with E-state index in [0.717, 1.165) is 18.4 Å². The smallest absolute Gasteiger partial charge is 0.00824 e. The molecule has 3 unspecified atom stereocenters. The van der Waals surface area contributed by atoms with Crippen molar-refractivity contribution in [3.05, 3.63) is 0 Å². The number of hydrogen-bond acceptors (Lipinski definition) is 2. The highest BCUT2D eigenvalue weighted by molar-refractivity contribution is 4.83. The van der Waals surface area contributed by atoms with E-state index in [1.807, 2.05) is 0 Å². The quantitative estimate of drug-likeness (QED) is 0.698. The van der Waals surface area contributed by atoms with Gasteiger partial charge in [0.1, 0.15) is 0 Å². The summed E-state index contributed by atoms with van der Waals surface area (Å²) in [5.74, 6) is 1.56. The van der Waals surface area contributed by atoms with Crippen LogP contribution in [0.5, 0.6) is 0 Å². The van der Waals surface area contributed by atoms with Gasteiger partial charge in [-0.15, -0.1) is 0 Å². The first kappa shape index (κ1) is 11.0. The van der Waals surface area contributed by atoms with Gasteiger partial charge in [0.05, 0.1) is 0 Å². The maximum absolute atomic E-state index is 5.85. The lowest BCUT2D eigenvalue weighted by Crippen LogP contribution is -2.33. The van der Waals surface area contributed by atoms with E-state index in [1.54, 1.807) is 0 Å². The lowest BCUT2D eigenvalue weighted by molar-refractivity contribution is 0.367. The molecule has 0 aromatic rings. The summed E-state index contributed by atoms with van der Waals surface area (Å²) in [6.07, 6.45) is 3.64. The molecule has 0 aliphatic heterocycles. The molecule has 3 atom stereocenters. The van der Waals surface area contributed by atoms with Gasteiger partial charge in [0.15, 0.2) is 0 Å². The summed E-state index contributed by atoms with van der Waals surface area (Å²) in [5.41, 5.74) is 5.85. The molecule has 1 rings (SSSR count). The van der Waals surface area contributed by atoms with Crippen LogP contribution in [0, 0.1) is 11.8 Å². The van der Waals surface area contributed by atoms with Crippen molar-refractivity contribution in [2.75, 3.05) is 6.54 Å². The average molecular weight is 184 g/mol. The van der Waals surface area contributed by atoms with Crippen LogP contribution in [0.4, 0.5) is 0 Å². The minimum Gasteiger partial charge on any atom is -0.328 e. The third-order valence-electron chi connectivity index (χ3n) is 3.34. The lowest BCUT2D eigenvalue weighted by atomic mass is 9.98. The summed E-state index contributed by atoms with van der Waals surface area (Å²) in [5, 5.41) is 3.61. The Kier molecular flexibility index (Phi) is 4.20. The van der Waals surface area contributed by atoms with Crippen LogP contribution in [-0.4, -0.2) is 18.6 Å².